The van der Waals surface area contributed by atoms with E-state index in [1.54, 1.807) is 17.5 Å². The minimum Gasteiger partial charge on any atom is -0.373 e. The molecule has 2 fully saturated rings. The highest BCUT2D eigenvalue weighted by molar-refractivity contribution is 7.09. The van der Waals surface area contributed by atoms with E-state index in [1.807, 2.05) is 29.8 Å². The van der Waals surface area contributed by atoms with E-state index >= 15 is 0 Å². The predicted molar refractivity (Wildman–Crippen MR) is 97.1 cm³/mol. The van der Waals surface area contributed by atoms with Crippen LogP contribution in [-0.2, 0) is 22.6 Å². The Morgan fingerprint density at radius 2 is 2.32 bits per heavy atom. The Morgan fingerprint density at radius 1 is 1.36 bits per heavy atom. The van der Waals surface area contributed by atoms with Crippen LogP contribution in [0.1, 0.15) is 23.3 Å². The lowest BCUT2D eigenvalue weighted by Crippen LogP contribution is -2.29. The number of rotatable bonds is 6. The lowest BCUT2D eigenvalue weighted by Gasteiger charge is -2.19. The molecule has 2 saturated heterocycles. The maximum absolute atomic E-state index is 12.1. The molecule has 4 heterocycles. The molecule has 0 aliphatic carbocycles. The van der Waals surface area contributed by atoms with Gasteiger partial charge in [0.2, 0.25) is 5.91 Å². The number of thiophene rings is 1. The molecule has 2 aliphatic heterocycles. The van der Waals surface area contributed by atoms with Gasteiger partial charge in [0.25, 0.3) is 0 Å². The van der Waals surface area contributed by atoms with Crippen molar-refractivity contribution in [1.82, 2.24) is 15.2 Å². The van der Waals surface area contributed by atoms with Crippen LogP contribution in [0.5, 0.6) is 0 Å². The number of carbonyl (C=O) groups is 1. The van der Waals surface area contributed by atoms with Crippen LogP contribution in [0.2, 0.25) is 0 Å². The fraction of sp³-hybridized carbons (Fsp3) is 0.474. The lowest BCUT2D eigenvalue weighted by atomic mass is 10.0. The van der Waals surface area contributed by atoms with Crippen molar-refractivity contribution in [2.24, 2.45) is 5.92 Å². The van der Waals surface area contributed by atoms with Crippen LogP contribution in [0.3, 0.4) is 0 Å². The lowest BCUT2D eigenvalue weighted by molar-refractivity contribution is -0.123. The Morgan fingerprint density at radius 3 is 3.08 bits per heavy atom. The maximum Gasteiger partial charge on any atom is 0.222 e. The van der Waals surface area contributed by atoms with Crippen molar-refractivity contribution < 1.29 is 9.53 Å². The van der Waals surface area contributed by atoms with Crippen molar-refractivity contribution in [3.05, 3.63) is 52.5 Å². The first kappa shape index (κ1) is 16.7. The van der Waals surface area contributed by atoms with Crippen LogP contribution in [0.25, 0.3) is 0 Å². The van der Waals surface area contributed by atoms with Crippen LogP contribution in [0.15, 0.2) is 42.0 Å². The van der Waals surface area contributed by atoms with Gasteiger partial charge in [0.05, 0.1) is 25.2 Å². The van der Waals surface area contributed by atoms with Gasteiger partial charge in [-0.1, -0.05) is 12.1 Å². The van der Waals surface area contributed by atoms with Gasteiger partial charge in [0.15, 0.2) is 0 Å². The number of aromatic nitrogens is 1. The first-order valence-electron chi connectivity index (χ1n) is 8.82. The normalized spacial score (nSPS) is 25.8. The molecule has 1 N–H and O–H groups in total. The van der Waals surface area contributed by atoms with E-state index in [0.717, 1.165) is 26.1 Å². The van der Waals surface area contributed by atoms with Gasteiger partial charge in [-0.3, -0.25) is 14.7 Å². The second-order valence-corrected chi connectivity index (χ2v) is 7.94. The summed E-state index contributed by atoms with van der Waals surface area (Å²) in [4.78, 5) is 19.9. The SMILES string of the molecule is O=C(C[C@H]1C[C@H]2CN(Cc3cccnc3)C[C@H]2O1)NCc1cccs1. The molecule has 0 unspecified atom stereocenters. The number of ether oxygens (including phenoxy) is 1. The number of nitrogens with one attached hydrogen (secondary N) is 1. The van der Waals surface area contributed by atoms with Gasteiger partial charge in [-0.05, 0) is 29.5 Å². The highest BCUT2D eigenvalue weighted by Gasteiger charge is 2.42. The van der Waals surface area contributed by atoms with Crippen LogP contribution < -0.4 is 5.32 Å². The predicted octanol–water partition coefficient (Wildman–Crippen LogP) is 2.44. The summed E-state index contributed by atoms with van der Waals surface area (Å²) in [6.07, 6.45) is 5.53. The molecule has 0 aromatic carbocycles. The number of carbonyl (C=O) groups excluding carboxylic acids is 1. The Kier molecular flexibility index (Phi) is 5.10. The third kappa shape index (κ3) is 4.26. The molecule has 25 heavy (non-hydrogen) atoms. The molecular formula is C19H23N3O2S. The van der Waals surface area contributed by atoms with Crippen LogP contribution >= 0.6 is 11.3 Å². The summed E-state index contributed by atoms with van der Waals surface area (Å²) in [6.45, 7) is 3.55. The zero-order valence-corrected chi connectivity index (χ0v) is 15.0. The van der Waals surface area contributed by atoms with Gasteiger partial charge >= 0.3 is 0 Å². The second-order valence-electron chi connectivity index (χ2n) is 6.91. The minimum absolute atomic E-state index is 0.0684. The smallest absolute Gasteiger partial charge is 0.222 e. The van der Waals surface area contributed by atoms with E-state index in [9.17, 15) is 4.79 Å². The quantitative estimate of drug-likeness (QED) is 0.863. The minimum atomic E-state index is 0.0684. The number of fused-ring (bicyclic) bond motifs is 1. The fourth-order valence-corrected chi connectivity index (χ4v) is 4.48. The molecule has 6 heteroatoms. The summed E-state index contributed by atoms with van der Waals surface area (Å²) < 4.78 is 6.15. The molecule has 0 saturated carbocycles. The number of nitrogens with zero attached hydrogens (tertiary/aromatic N) is 2. The van der Waals surface area contributed by atoms with E-state index in [2.05, 4.69) is 21.3 Å². The van der Waals surface area contributed by atoms with Crippen molar-refractivity contribution in [1.29, 1.82) is 0 Å². The molecule has 2 aromatic rings. The van der Waals surface area contributed by atoms with Crippen molar-refractivity contribution in [3.8, 4) is 0 Å². The Hall–Kier alpha value is -1.76. The first-order valence-corrected chi connectivity index (χ1v) is 9.70. The summed E-state index contributed by atoms with van der Waals surface area (Å²) in [5.41, 5.74) is 1.24. The summed E-state index contributed by atoms with van der Waals surface area (Å²) in [5.74, 6) is 0.636. The molecule has 5 nitrogen and oxygen atoms in total. The highest BCUT2D eigenvalue weighted by atomic mass is 32.1. The van der Waals surface area contributed by atoms with Crippen molar-refractivity contribution >= 4 is 17.2 Å². The van der Waals surface area contributed by atoms with Crippen LogP contribution in [-0.4, -0.2) is 41.1 Å². The molecule has 132 valence electrons. The third-order valence-corrected chi connectivity index (χ3v) is 5.85. The van der Waals surface area contributed by atoms with Gasteiger partial charge in [0, 0.05) is 42.8 Å². The van der Waals surface area contributed by atoms with E-state index in [-0.39, 0.29) is 18.1 Å². The van der Waals surface area contributed by atoms with Crippen LogP contribution in [0.4, 0.5) is 0 Å². The number of likely N-dealkylation sites (tertiary alicyclic amines) is 1. The molecule has 3 atom stereocenters. The van der Waals surface area contributed by atoms with E-state index < -0.39 is 0 Å². The van der Waals surface area contributed by atoms with E-state index in [0.29, 0.717) is 18.9 Å². The Labute approximate surface area is 152 Å². The molecular weight excluding hydrogens is 334 g/mol. The van der Waals surface area contributed by atoms with Crippen molar-refractivity contribution in [2.75, 3.05) is 13.1 Å². The zero-order valence-electron chi connectivity index (χ0n) is 14.1. The fourth-order valence-electron chi connectivity index (χ4n) is 3.84. The summed E-state index contributed by atoms with van der Waals surface area (Å²) >= 11 is 1.67. The second kappa shape index (κ2) is 7.64. The maximum atomic E-state index is 12.1. The van der Waals surface area contributed by atoms with Gasteiger partial charge in [-0.25, -0.2) is 0 Å². The third-order valence-electron chi connectivity index (χ3n) is 4.97. The molecule has 2 aliphatic rings. The average Bonchev–Trinajstić information content (AvgIpc) is 3.30. The topological polar surface area (TPSA) is 54.5 Å². The standard InChI is InChI=1S/C19H23N3O2S/c23-19(21-10-17-4-2-6-25-17)8-16-7-15-12-22(13-18(15)24-16)11-14-3-1-5-20-9-14/h1-6,9,15-16,18H,7-8,10-13H2,(H,21,23)/t15-,16+,18+/m0/s1. The van der Waals surface area contributed by atoms with Crippen molar-refractivity contribution in [2.45, 2.75) is 38.1 Å². The number of hydrogen-bond acceptors (Lipinski definition) is 5. The zero-order chi connectivity index (χ0) is 17.1. The van der Waals surface area contributed by atoms with Gasteiger partial charge in [-0.2, -0.15) is 0 Å². The van der Waals surface area contributed by atoms with Crippen LogP contribution in [0, 0.1) is 5.92 Å². The summed E-state index contributed by atoms with van der Waals surface area (Å²) in [7, 11) is 0. The molecule has 2 aromatic heterocycles. The monoisotopic (exact) mass is 357 g/mol. The largest absolute Gasteiger partial charge is 0.373 e. The summed E-state index contributed by atoms with van der Waals surface area (Å²) in [6, 6.07) is 8.14. The number of amides is 1. The first-order chi connectivity index (χ1) is 12.3. The number of pyridine rings is 1. The van der Waals surface area contributed by atoms with Gasteiger partial charge < -0.3 is 10.1 Å². The average molecular weight is 357 g/mol. The molecule has 4 rings (SSSR count). The molecule has 0 bridgehead atoms. The summed E-state index contributed by atoms with van der Waals surface area (Å²) in [5, 5.41) is 5.02. The molecule has 0 radical (unpaired) electrons. The van der Waals surface area contributed by atoms with Crippen molar-refractivity contribution in [3.63, 3.8) is 0 Å². The Bertz CT molecular complexity index is 678. The molecule has 1 amide bonds. The van der Waals surface area contributed by atoms with Gasteiger partial charge in [-0.15, -0.1) is 11.3 Å². The number of hydrogen-bond donors (Lipinski definition) is 1. The van der Waals surface area contributed by atoms with E-state index in [1.165, 1.54) is 10.4 Å². The van der Waals surface area contributed by atoms with E-state index in [4.69, 9.17) is 4.74 Å². The highest BCUT2D eigenvalue weighted by Crippen LogP contribution is 2.34. The van der Waals surface area contributed by atoms with Gasteiger partial charge in [0.1, 0.15) is 0 Å². The molecule has 0 spiro atoms. The Balaban J connectivity index is 1.20.